The Bertz CT molecular complexity index is 261. The lowest BCUT2D eigenvalue weighted by Gasteiger charge is -2.10. The lowest BCUT2D eigenvalue weighted by molar-refractivity contribution is 0.260. The molecule has 0 aliphatic heterocycles. The monoisotopic (exact) mass is 198 g/mol. The molecule has 0 radical (unpaired) electrons. The van der Waals surface area contributed by atoms with Crippen molar-refractivity contribution in [2.75, 3.05) is 13.2 Å². The molecular weight excluding hydrogens is 180 g/mol. The smallest absolute Gasteiger partial charge is 0.0738 e. The zero-order valence-electron chi connectivity index (χ0n) is 8.77. The summed E-state index contributed by atoms with van der Waals surface area (Å²) >= 11 is 0. The third kappa shape index (κ3) is 3.43. The van der Waals surface area contributed by atoms with Gasteiger partial charge in [0.05, 0.1) is 11.9 Å². The first-order chi connectivity index (χ1) is 6.74. The van der Waals surface area contributed by atoms with Gasteiger partial charge in [-0.3, -0.25) is 4.68 Å². The molecule has 0 bridgehead atoms. The summed E-state index contributed by atoms with van der Waals surface area (Å²) in [5.74, 6) is 0.501. The summed E-state index contributed by atoms with van der Waals surface area (Å²) < 4.78 is 1.75. The number of aryl methyl sites for hydroxylation is 1. The van der Waals surface area contributed by atoms with E-state index in [1.54, 1.807) is 10.9 Å². The number of rotatable bonds is 6. The van der Waals surface area contributed by atoms with Crippen molar-refractivity contribution in [3.63, 3.8) is 0 Å². The number of nitrogens with one attached hydrogen (secondary N) is 1. The Morgan fingerprint density at radius 3 is 3.00 bits per heavy atom. The predicted molar refractivity (Wildman–Crippen MR) is 53.6 cm³/mol. The molecule has 0 spiro atoms. The fraction of sp³-hybridized carbons (Fsp3) is 0.778. The Kier molecular flexibility index (Phi) is 4.55. The van der Waals surface area contributed by atoms with Crippen LogP contribution < -0.4 is 5.32 Å². The molecule has 1 aromatic rings. The summed E-state index contributed by atoms with van der Waals surface area (Å²) in [6, 6.07) is 0. The van der Waals surface area contributed by atoms with E-state index in [0.717, 1.165) is 25.2 Å². The molecular formula is C9H18N4O. The van der Waals surface area contributed by atoms with Crippen molar-refractivity contribution >= 4 is 0 Å². The van der Waals surface area contributed by atoms with Gasteiger partial charge in [0.15, 0.2) is 0 Å². The molecule has 1 unspecified atom stereocenters. The third-order valence-electron chi connectivity index (χ3n) is 2.23. The summed E-state index contributed by atoms with van der Waals surface area (Å²) in [6.07, 6.45) is 2.60. The first-order valence-corrected chi connectivity index (χ1v) is 4.89. The topological polar surface area (TPSA) is 63.0 Å². The van der Waals surface area contributed by atoms with E-state index in [-0.39, 0.29) is 6.61 Å². The maximum atomic E-state index is 8.71. The minimum atomic E-state index is 0.260. The van der Waals surface area contributed by atoms with Crippen LogP contribution in [0.4, 0.5) is 0 Å². The van der Waals surface area contributed by atoms with Crippen LogP contribution in [0.1, 0.15) is 19.0 Å². The molecule has 5 nitrogen and oxygen atoms in total. The molecule has 0 saturated carbocycles. The lowest BCUT2D eigenvalue weighted by atomic mass is 10.1. The molecule has 0 aliphatic rings. The highest BCUT2D eigenvalue weighted by atomic mass is 16.3. The SMILES string of the molecule is CC(CCO)CNCc1cnnn1C. The fourth-order valence-corrected chi connectivity index (χ4v) is 1.24. The first-order valence-electron chi connectivity index (χ1n) is 4.89. The number of aliphatic hydroxyl groups is 1. The van der Waals surface area contributed by atoms with Crippen molar-refractivity contribution in [2.24, 2.45) is 13.0 Å². The van der Waals surface area contributed by atoms with Gasteiger partial charge in [0, 0.05) is 20.2 Å². The molecule has 80 valence electrons. The molecule has 2 N–H and O–H groups in total. The van der Waals surface area contributed by atoms with Gasteiger partial charge in [-0.25, -0.2) is 0 Å². The Labute approximate surface area is 84.1 Å². The third-order valence-corrected chi connectivity index (χ3v) is 2.23. The Morgan fingerprint density at radius 1 is 1.64 bits per heavy atom. The average Bonchev–Trinajstić information content (AvgIpc) is 2.52. The minimum absolute atomic E-state index is 0.260. The van der Waals surface area contributed by atoms with Gasteiger partial charge in [0.2, 0.25) is 0 Å². The van der Waals surface area contributed by atoms with Crippen LogP contribution in [0.2, 0.25) is 0 Å². The number of aromatic nitrogens is 3. The van der Waals surface area contributed by atoms with E-state index in [1.807, 2.05) is 7.05 Å². The molecule has 0 fully saturated rings. The zero-order chi connectivity index (χ0) is 10.4. The Hall–Kier alpha value is -0.940. The molecule has 0 aliphatic carbocycles. The van der Waals surface area contributed by atoms with Crippen LogP contribution in [0, 0.1) is 5.92 Å². The van der Waals surface area contributed by atoms with Gasteiger partial charge in [-0.05, 0) is 18.9 Å². The van der Waals surface area contributed by atoms with E-state index >= 15 is 0 Å². The van der Waals surface area contributed by atoms with Crippen LogP contribution in [0.25, 0.3) is 0 Å². The predicted octanol–water partition coefficient (Wildman–Crippen LogP) is -0.0768. The van der Waals surface area contributed by atoms with Gasteiger partial charge in [-0.2, -0.15) is 0 Å². The fourth-order valence-electron chi connectivity index (χ4n) is 1.24. The number of nitrogens with zero attached hydrogens (tertiary/aromatic N) is 3. The van der Waals surface area contributed by atoms with Crippen molar-refractivity contribution in [1.82, 2.24) is 20.3 Å². The van der Waals surface area contributed by atoms with Crippen LogP contribution in [-0.2, 0) is 13.6 Å². The summed E-state index contributed by atoms with van der Waals surface area (Å²) in [6.45, 7) is 4.06. The van der Waals surface area contributed by atoms with Crippen LogP contribution in [0.3, 0.4) is 0 Å². The van der Waals surface area contributed by atoms with Crippen molar-refractivity contribution in [2.45, 2.75) is 19.9 Å². The summed E-state index contributed by atoms with van der Waals surface area (Å²) in [5, 5.41) is 19.6. The van der Waals surface area contributed by atoms with E-state index in [4.69, 9.17) is 5.11 Å². The Morgan fingerprint density at radius 2 is 2.43 bits per heavy atom. The molecule has 1 aromatic heterocycles. The van der Waals surface area contributed by atoms with E-state index in [0.29, 0.717) is 5.92 Å². The zero-order valence-corrected chi connectivity index (χ0v) is 8.77. The number of hydrogen-bond donors (Lipinski definition) is 2. The van der Waals surface area contributed by atoms with Gasteiger partial charge >= 0.3 is 0 Å². The minimum Gasteiger partial charge on any atom is -0.396 e. The van der Waals surface area contributed by atoms with Gasteiger partial charge in [-0.15, -0.1) is 5.10 Å². The summed E-state index contributed by atoms with van der Waals surface area (Å²) in [5.41, 5.74) is 1.07. The number of hydrogen-bond acceptors (Lipinski definition) is 4. The molecule has 5 heteroatoms. The lowest BCUT2D eigenvalue weighted by Crippen LogP contribution is -2.22. The van der Waals surface area contributed by atoms with Crippen LogP contribution >= 0.6 is 0 Å². The van der Waals surface area contributed by atoms with Gasteiger partial charge in [0.1, 0.15) is 0 Å². The summed E-state index contributed by atoms with van der Waals surface area (Å²) in [7, 11) is 1.88. The van der Waals surface area contributed by atoms with E-state index in [1.165, 1.54) is 0 Å². The van der Waals surface area contributed by atoms with E-state index < -0.39 is 0 Å². The summed E-state index contributed by atoms with van der Waals surface area (Å²) in [4.78, 5) is 0. The van der Waals surface area contributed by atoms with Crippen molar-refractivity contribution in [3.8, 4) is 0 Å². The normalized spacial score (nSPS) is 13.1. The van der Waals surface area contributed by atoms with Crippen molar-refractivity contribution in [1.29, 1.82) is 0 Å². The maximum Gasteiger partial charge on any atom is 0.0738 e. The van der Waals surface area contributed by atoms with E-state index in [9.17, 15) is 0 Å². The van der Waals surface area contributed by atoms with Gasteiger partial charge in [-0.1, -0.05) is 12.1 Å². The second-order valence-corrected chi connectivity index (χ2v) is 3.60. The molecule has 0 aromatic carbocycles. The highest BCUT2D eigenvalue weighted by Gasteiger charge is 2.02. The largest absolute Gasteiger partial charge is 0.396 e. The molecule has 1 rings (SSSR count). The second kappa shape index (κ2) is 5.72. The molecule has 0 amide bonds. The molecule has 1 heterocycles. The molecule has 0 saturated heterocycles. The molecule has 1 atom stereocenters. The quantitative estimate of drug-likeness (QED) is 0.671. The van der Waals surface area contributed by atoms with Gasteiger partial charge in [0.25, 0.3) is 0 Å². The van der Waals surface area contributed by atoms with Crippen LogP contribution in [-0.4, -0.2) is 33.3 Å². The first kappa shape index (κ1) is 11.1. The van der Waals surface area contributed by atoms with Crippen molar-refractivity contribution in [3.05, 3.63) is 11.9 Å². The van der Waals surface area contributed by atoms with Crippen LogP contribution in [0.15, 0.2) is 6.20 Å². The Balaban J connectivity index is 2.19. The highest BCUT2D eigenvalue weighted by molar-refractivity contribution is 4.92. The maximum absolute atomic E-state index is 8.71. The standard InChI is InChI=1S/C9H18N4O/c1-8(3-4-14)5-10-6-9-7-11-12-13(9)2/h7-8,10,14H,3-6H2,1-2H3. The molecule has 14 heavy (non-hydrogen) atoms. The second-order valence-electron chi connectivity index (χ2n) is 3.60. The van der Waals surface area contributed by atoms with Crippen LogP contribution in [0.5, 0.6) is 0 Å². The average molecular weight is 198 g/mol. The van der Waals surface area contributed by atoms with E-state index in [2.05, 4.69) is 22.6 Å². The highest BCUT2D eigenvalue weighted by Crippen LogP contribution is 1.99. The van der Waals surface area contributed by atoms with Crippen molar-refractivity contribution < 1.29 is 5.11 Å². The van der Waals surface area contributed by atoms with Gasteiger partial charge < -0.3 is 10.4 Å². The number of aliphatic hydroxyl groups excluding tert-OH is 1.